The third-order valence-corrected chi connectivity index (χ3v) is 4.39. The van der Waals surface area contributed by atoms with E-state index in [1.54, 1.807) is 6.20 Å². The van der Waals surface area contributed by atoms with E-state index in [-0.39, 0.29) is 6.10 Å². The Labute approximate surface area is 152 Å². The van der Waals surface area contributed by atoms with Crippen LogP contribution in [0, 0.1) is 6.92 Å². The van der Waals surface area contributed by atoms with Crippen molar-refractivity contribution < 1.29 is 9.68 Å². The molecule has 0 fully saturated rings. The van der Waals surface area contributed by atoms with Crippen molar-refractivity contribution in [2.75, 3.05) is 10.6 Å². The second kappa shape index (κ2) is 6.78. The van der Waals surface area contributed by atoms with Crippen LogP contribution in [-0.2, 0) is 4.65 Å². The molecule has 0 saturated heterocycles. The Morgan fingerprint density at radius 2 is 1.88 bits per heavy atom. The van der Waals surface area contributed by atoms with Crippen LogP contribution in [0.1, 0.15) is 24.2 Å². The number of aromatic nitrogens is 2. The molecule has 1 atom stereocenters. The lowest BCUT2D eigenvalue weighted by atomic mass is 9.79. The maximum absolute atomic E-state index is 9.86. The van der Waals surface area contributed by atoms with Gasteiger partial charge >= 0.3 is 7.12 Å². The molecule has 0 aliphatic carbocycles. The third kappa shape index (κ3) is 3.27. The second-order valence-electron chi connectivity index (χ2n) is 6.32. The fraction of sp³-hybridized carbons (Fsp3) is 0.158. The molecule has 2 heterocycles. The number of aryl methyl sites for hydroxylation is 1. The summed E-state index contributed by atoms with van der Waals surface area (Å²) < 4.78 is 5.42. The Balaban J connectivity index is 1.58. The molecule has 26 heavy (non-hydrogen) atoms. The summed E-state index contributed by atoms with van der Waals surface area (Å²) in [4.78, 5) is 8.94. The van der Waals surface area contributed by atoms with Gasteiger partial charge in [0.15, 0.2) is 0 Å². The zero-order chi connectivity index (χ0) is 18.1. The first-order valence-electron chi connectivity index (χ1n) is 8.50. The van der Waals surface area contributed by atoms with Crippen LogP contribution < -0.4 is 16.1 Å². The minimum atomic E-state index is -0.855. The van der Waals surface area contributed by atoms with Crippen LogP contribution in [0.3, 0.4) is 0 Å². The van der Waals surface area contributed by atoms with Gasteiger partial charge in [0, 0.05) is 23.1 Å². The van der Waals surface area contributed by atoms with E-state index in [9.17, 15) is 5.02 Å². The summed E-state index contributed by atoms with van der Waals surface area (Å²) >= 11 is 0. The molecule has 0 radical (unpaired) electrons. The van der Waals surface area contributed by atoms with Gasteiger partial charge in [-0.2, -0.15) is 4.98 Å². The molecule has 0 spiro atoms. The number of rotatable bonds is 4. The molecule has 0 saturated carbocycles. The molecule has 2 aromatic carbocycles. The van der Waals surface area contributed by atoms with Gasteiger partial charge < -0.3 is 20.3 Å². The monoisotopic (exact) mass is 346 g/mol. The van der Waals surface area contributed by atoms with Crippen LogP contribution in [0.5, 0.6) is 0 Å². The normalized spacial score (nSPS) is 15.7. The van der Waals surface area contributed by atoms with Crippen LogP contribution in [0.25, 0.3) is 0 Å². The van der Waals surface area contributed by atoms with E-state index in [4.69, 9.17) is 4.65 Å². The molecule has 0 amide bonds. The van der Waals surface area contributed by atoms with Crippen molar-refractivity contribution in [3.8, 4) is 0 Å². The summed E-state index contributed by atoms with van der Waals surface area (Å²) in [6.07, 6.45) is 1.64. The lowest BCUT2D eigenvalue weighted by molar-refractivity contribution is 0.209. The van der Waals surface area contributed by atoms with Crippen LogP contribution in [0.15, 0.2) is 54.7 Å². The van der Waals surface area contributed by atoms with Crippen LogP contribution in [-0.4, -0.2) is 22.1 Å². The van der Waals surface area contributed by atoms with Crippen molar-refractivity contribution in [2.45, 2.75) is 20.0 Å². The quantitative estimate of drug-likeness (QED) is 0.630. The largest absolute Gasteiger partial charge is 0.491 e. The Morgan fingerprint density at radius 3 is 2.69 bits per heavy atom. The lowest BCUT2D eigenvalue weighted by Crippen LogP contribution is -2.27. The van der Waals surface area contributed by atoms with Gasteiger partial charge in [0.05, 0.1) is 6.10 Å². The van der Waals surface area contributed by atoms with Gasteiger partial charge in [0.25, 0.3) is 0 Å². The summed E-state index contributed by atoms with van der Waals surface area (Å²) in [5.41, 5.74) is 4.55. The molecule has 3 N–H and O–H groups in total. The Bertz CT molecular complexity index is 936. The highest BCUT2D eigenvalue weighted by Crippen LogP contribution is 2.26. The van der Waals surface area contributed by atoms with E-state index in [2.05, 4.69) is 20.6 Å². The average Bonchev–Trinajstić information content (AvgIpc) is 2.92. The van der Waals surface area contributed by atoms with Gasteiger partial charge in [0.2, 0.25) is 5.95 Å². The number of nitrogens with zero attached hydrogens (tertiary/aromatic N) is 2. The molecule has 130 valence electrons. The Hall–Kier alpha value is -2.90. The number of hydrogen-bond donors (Lipinski definition) is 3. The van der Waals surface area contributed by atoms with Gasteiger partial charge in [-0.15, -0.1) is 0 Å². The Morgan fingerprint density at radius 1 is 1.08 bits per heavy atom. The maximum atomic E-state index is 9.86. The highest BCUT2D eigenvalue weighted by molar-refractivity contribution is 6.61. The SMILES string of the molecule is Cc1cnc(Nc2ccc3c(c2)C(C)OB3O)nc1Nc1ccccc1. The van der Waals surface area contributed by atoms with Gasteiger partial charge in [-0.1, -0.05) is 24.3 Å². The number of benzene rings is 2. The predicted octanol–water partition coefficient (Wildman–Crippen LogP) is 3.05. The number of hydrogen-bond acceptors (Lipinski definition) is 6. The van der Waals surface area contributed by atoms with Gasteiger partial charge in [-0.25, -0.2) is 4.98 Å². The number of anilines is 4. The fourth-order valence-corrected chi connectivity index (χ4v) is 2.99. The van der Waals surface area contributed by atoms with Crippen molar-refractivity contribution in [2.24, 2.45) is 0 Å². The smallest absolute Gasteiger partial charge is 0.423 e. The van der Waals surface area contributed by atoms with E-state index in [0.29, 0.717) is 5.95 Å². The topological polar surface area (TPSA) is 79.3 Å². The summed E-state index contributed by atoms with van der Waals surface area (Å²) in [5.74, 6) is 1.25. The molecular weight excluding hydrogens is 327 g/mol. The molecular formula is C19H19BN4O2. The number of fused-ring (bicyclic) bond motifs is 1. The number of nitrogens with one attached hydrogen (secondary N) is 2. The first kappa shape index (κ1) is 16.6. The highest BCUT2D eigenvalue weighted by Gasteiger charge is 2.32. The molecule has 4 rings (SSSR count). The van der Waals surface area contributed by atoms with Crippen molar-refractivity contribution in [1.29, 1.82) is 0 Å². The van der Waals surface area contributed by atoms with Gasteiger partial charge in [-0.05, 0) is 49.1 Å². The van der Waals surface area contributed by atoms with E-state index in [1.165, 1.54) is 0 Å². The molecule has 0 bridgehead atoms. The first-order valence-corrected chi connectivity index (χ1v) is 8.50. The lowest BCUT2D eigenvalue weighted by Gasteiger charge is -2.12. The molecule has 7 heteroatoms. The first-order chi connectivity index (χ1) is 12.6. The van der Waals surface area contributed by atoms with E-state index >= 15 is 0 Å². The zero-order valence-electron chi connectivity index (χ0n) is 14.6. The van der Waals surface area contributed by atoms with Crippen molar-refractivity contribution in [3.63, 3.8) is 0 Å². The molecule has 1 aliphatic heterocycles. The van der Waals surface area contributed by atoms with Crippen molar-refractivity contribution in [1.82, 2.24) is 9.97 Å². The minimum absolute atomic E-state index is 0.143. The summed E-state index contributed by atoms with van der Waals surface area (Å²) in [7, 11) is -0.855. The highest BCUT2D eigenvalue weighted by atomic mass is 16.5. The summed E-state index contributed by atoms with van der Waals surface area (Å²) in [6, 6.07) is 15.6. The number of para-hydroxylation sites is 1. The van der Waals surface area contributed by atoms with Crippen LogP contribution in [0.2, 0.25) is 0 Å². The molecule has 1 aliphatic rings. The maximum Gasteiger partial charge on any atom is 0.491 e. The third-order valence-electron chi connectivity index (χ3n) is 4.39. The Kier molecular flexibility index (Phi) is 4.32. The minimum Gasteiger partial charge on any atom is -0.423 e. The average molecular weight is 346 g/mol. The second-order valence-corrected chi connectivity index (χ2v) is 6.32. The van der Waals surface area contributed by atoms with Gasteiger partial charge in [0.1, 0.15) is 5.82 Å². The predicted molar refractivity (Wildman–Crippen MR) is 103 cm³/mol. The molecule has 1 aromatic heterocycles. The standard InChI is InChI=1S/C19H19BN4O2/c1-12-11-21-19(24-18(12)22-14-6-4-3-5-7-14)23-15-8-9-17-16(10-15)13(2)26-20(17)25/h3-11,13,25H,1-2H3,(H2,21,22,23,24). The molecule has 6 nitrogen and oxygen atoms in total. The van der Waals surface area contributed by atoms with Crippen LogP contribution in [0.4, 0.5) is 23.1 Å². The molecule has 1 unspecified atom stereocenters. The van der Waals surface area contributed by atoms with E-state index < -0.39 is 7.12 Å². The van der Waals surface area contributed by atoms with E-state index in [1.807, 2.05) is 62.4 Å². The zero-order valence-corrected chi connectivity index (χ0v) is 14.6. The van der Waals surface area contributed by atoms with Crippen LogP contribution >= 0.6 is 0 Å². The fourth-order valence-electron chi connectivity index (χ4n) is 2.99. The van der Waals surface area contributed by atoms with Gasteiger partial charge in [-0.3, -0.25) is 0 Å². The summed E-state index contributed by atoms with van der Waals surface area (Å²) in [6.45, 7) is 3.88. The summed E-state index contributed by atoms with van der Waals surface area (Å²) in [5, 5.41) is 16.4. The van der Waals surface area contributed by atoms with Crippen molar-refractivity contribution >= 4 is 35.7 Å². The van der Waals surface area contributed by atoms with E-state index in [0.717, 1.165) is 33.8 Å². The molecule has 3 aromatic rings. The van der Waals surface area contributed by atoms with Crippen molar-refractivity contribution in [3.05, 3.63) is 65.9 Å².